The molecular formula is C16H22ClF3N4O2. The minimum Gasteiger partial charge on any atom is -0.372 e. The molecule has 146 valence electrons. The number of halogens is 4. The van der Waals surface area contributed by atoms with E-state index in [1.807, 2.05) is 0 Å². The van der Waals surface area contributed by atoms with Gasteiger partial charge >= 0.3 is 6.18 Å². The lowest BCUT2D eigenvalue weighted by Gasteiger charge is -2.31. The fraction of sp³-hybridized carbons (Fsp3) is 0.500. The molecule has 0 aromatic carbocycles. The Bertz CT molecular complexity index is 673. The van der Waals surface area contributed by atoms with Gasteiger partial charge < -0.3 is 14.9 Å². The van der Waals surface area contributed by atoms with Crippen molar-refractivity contribution < 1.29 is 23.1 Å². The second kappa shape index (κ2) is 9.09. The van der Waals surface area contributed by atoms with Gasteiger partial charge in [-0.25, -0.2) is 4.68 Å². The first-order chi connectivity index (χ1) is 12.0. The van der Waals surface area contributed by atoms with E-state index in [0.29, 0.717) is 12.2 Å². The molecule has 0 aliphatic rings. The summed E-state index contributed by atoms with van der Waals surface area (Å²) in [4.78, 5) is 13.9. The van der Waals surface area contributed by atoms with Gasteiger partial charge in [0.2, 0.25) is 5.91 Å². The lowest BCUT2D eigenvalue weighted by atomic mass is 10.3. The van der Waals surface area contributed by atoms with Gasteiger partial charge in [0, 0.05) is 19.3 Å². The number of anilines is 1. The number of likely N-dealkylation sites (N-methyl/N-ethyl adjacent to an activating group) is 2. The number of carbonyl (C=O) groups excluding carboxylic acids is 1. The van der Waals surface area contributed by atoms with Crippen LogP contribution in [0.4, 0.5) is 18.9 Å². The molecule has 1 rings (SSSR count). The van der Waals surface area contributed by atoms with Crippen molar-refractivity contribution in [3.05, 3.63) is 30.1 Å². The van der Waals surface area contributed by atoms with Gasteiger partial charge in [-0.05, 0) is 19.9 Å². The fourth-order valence-corrected chi connectivity index (χ4v) is 2.50. The Labute approximate surface area is 155 Å². The Balaban J connectivity index is 2.93. The van der Waals surface area contributed by atoms with Crippen molar-refractivity contribution >= 4 is 28.9 Å². The molecule has 1 N–H and O–H groups in total. The Morgan fingerprint density at radius 2 is 2.15 bits per heavy atom. The molecule has 1 atom stereocenters. The molecule has 26 heavy (non-hydrogen) atoms. The summed E-state index contributed by atoms with van der Waals surface area (Å²) >= 11 is 6.13. The molecule has 1 aromatic heterocycles. The van der Waals surface area contributed by atoms with Gasteiger partial charge in [0.15, 0.2) is 5.15 Å². The predicted octanol–water partition coefficient (Wildman–Crippen LogP) is 3.14. The monoisotopic (exact) mass is 394 g/mol. The van der Waals surface area contributed by atoms with Crippen LogP contribution in [0.5, 0.6) is 0 Å². The normalized spacial score (nSPS) is 13.5. The summed E-state index contributed by atoms with van der Waals surface area (Å²) < 4.78 is 38.5. The van der Waals surface area contributed by atoms with Crippen molar-refractivity contribution in [3.8, 4) is 0 Å². The van der Waals surface area contributed by atoms with Crippen molar-refractivity contribution in [2.24, 2.45) is 0 Å². The average molecular weight is 395 g/mol. The van der Waals surface area contributed by atoms with Crippen LogP contribution in [0.25, 0.3) is 5.70 Å². The summed E-state index contributed by atoms with van der Waals surface area (Å²) in [5.74, 6) is -1.13. The molecule has 0 fully saturated rings. The van der Waals surface area contributed by atoms with E-state index >= 15 is 0 Å². The lowest BCUT2D eigenvalue weighted by molar-refractivity contribution is -0.161. The summed E-state index contributed by atoms with van der Waals surface area (Å²) in [6.07, 6.45) is -2.54. The molecule has 0 saturated heterocycles. The van der Waals surface area contributed by atoms with Crippen molar-refractivity contribution in [1.29, 1.82) is 0 Å². The molecule has 1 aromatic rings. The number of aromatic nitrogens is 2. The van der Waals surface area contributed by atoms with Crippen LogP contribution in [0, 0.1) is 0 Å². The molecule has 0 radical (unpaired) electrons. The predicted molar refractivity (Wildman–Crippen MR) is 94.7 cm³/mol. The largest absolute Gasteiger partial charge is 0.397 e. The third-order valence-electron chi connectivity index (χ3n) is 3.60. The molecule has 1 amide bonds. The third-order valence-corrected chi connectivity index (χ3v) is 3.87. The zero-order valence-corrected chi connectivity index (χ0v) is 15.5. The Kier molecular flexibility index (Phi) is 7.70. The highest BCUT2D eigenvalue weighted by Gasteiger charge is 2.33. The molecule has 1 heterocycles. The number of hydrogen-bond acceptors (Lipinski definition) is 4. The van der Waals surface area contributed by atoms with E-state index in [2.05, 4.69) is 11.7 Å². The smallest absolute Gasteiger partial charge is 0.372 e. The Morgan fingerprint density at radius 3 is 2.65 bits per heavy atom. The second-order valence-corrected chi connectivity index (χ2v) is 5.98. The van der Waals surface area contributed by atoms with Crippen LogP contribution >= 0.6 is 11.6 Å². The standard InChI is InChI=1S/C16H22ClF3N4O2/c1-5-7-11(3)24-9-12(15(17)21-24)23(6-2)14(26)10-22(4)13(25)8-16(18,19)20/h5,7,9,14,26H,1,6,8,10H2,2-4H3. The Hall–Kier alpha value is -2.00. The van der Waals surface area contributed by atoms with E-state index in [1.54, 1.807) is 32.2 Å². The van der Waals surface area contributed by atoms with Gasteiger partial charge in [0.05, 0.1) is 18.4 Å². The fourth-order valence-electron chi connectivity index (χ4n) is 2.26. The zero-order valence-electron chi connectivity index (χ0n) is 14.8. The summed E-state index contributed by atoms with van der Waals surface area (Å²) in [6, 6.07) is 0. The van der Waals surface area contributed by atoms with Crippen LogP contribution in [-0.2, 0) is 4.79 Å². The molecule has 0 aliphatic carbocycles. The van der Waals surface area contributed by atoms with Crippen molar-refractivity contribution in [3.63, 3.8) is 0 Å². The molecule has 0 aliphatic heterocycles. The molecule has 0 bridgehead atoms. The highest BCUT2D eigenvalue weighted by molar-refractivity contribution is 6.32. The number of hydrogen-bond donors (Lipinski definition) is 1. The minimum absolute atomic E-state index is 0.118. The van der Waals surface area contributed by atoms with Gasteiger partial charge in [-0.2, -0.15) is 18.3 Å². The number of rotatable bonds is 8. The van der Waals surface area contributed by atoms with E-state index in [9.17, 15) is 23.1 Å². The first-order valence-corrected chi connectivity index (χ1v) is 8.18. The van der Waals surface area contributed by atoms with Gasteiger partial charge in [0.1, 0.15) is 12.6 Å². The van der Waals surface area contributed by atoms with Crippen LogP contribution in [-0.4, -0.2) is 58.2 Å². The third kappa shape index (κ3) is 6.06. The van der Waals surface area contributed by atoms with Crippen LogP contribution in [0.1, 0.15) is 20.3 Å². The van der Waals surface area contributed by atoms with Crippen LogP contribution in [0.15, 0.2) is 24.9 Å². The van der Waals surface area contributed by atoms with Crippen molar-refractivity contribution in [1.82, 2.24) is 14.7 Å². The summed E-state index contributed by atoms with van der Waals surface area (Å²) in [7, 11) is 1.20. The number of aliphatic hydroxyl groups excluding tert-OH is 1. The van der Waals surface area contributed by atoms with E-state index in [-0.39, 0.29) is 11.7 Å². The van der Waals surface area contributed by atoms with Crippen LogP contribution in [0.3, 0.4) is 0 Å². The number of allylic oxidation sites excluding steroid dienone is 3. The van der Waals surface area contributed by atoms with Crippen molar-refractivity contribution in [2.75, 3.05) is 25.0 Å². The summed E-state index contributed by atoms with van der Waals surface area (Å²) in [5.41, 5.74) is 1.13. The molecule has 0 saturated carbocycles. The maximum Gasteiger partial charge on any atom is 0.397 e. The number of carbonyl (C=O) groups is 1. The molecular weight excluding hydrogens is 373 g/mol. The molecule has 6 nitrogen and oxygen atoms in total. The number of aliphatic hydroxyl groups is 1. The SMILES string of the molecule is C=CC=C(C)n1cc(N(CC)C(O)CN(C)C(=O)CC(F)(F)F)c(Cl)n1. The lowest BCUT2D eigenvalue weighted by Crippen LogP contribution is -2.45. The quantitative estimate of drug-likeness (QED) is 0.543. The Morgan fingerprint density at radius 1 is 1.54 bits per heavy atom. The number of alkyl halides is 3. The minimum atomic E-state index is -4.60. The van der Waals surface area contributed by atoms with E-state index < -0.39 is 24.7 Å². The summed E-state index contributed by atoms with van der Waals surface area (Å²) in [6.45, 7) is 7.10. The van der Waals surface area contributed by atoms with Gasteiger partial charge in [-0.15, -0.1) is 0 Å². The first kappa shape index (κ1) is 22.0. The highest BCUT2D eigenvalue weighted by Crippen LogP contribution is 2.27. The topological polar surface area (TPSA) is 61.6 Å². The first-order valence-electron chi connectivity index (χ1n) is 7.80. The maximum atomic E-state index is 12.3. The van der Waals surface area contributed by atoms with Crippen molar-refractivity contribution in [2.45, 2.75) is 32.7 Å². The van der Waals surface area contributed by atoms with Crippen LogP contribution in [0.2, 0.25) is 5.15 Å². The van der Waals surface area contributed by atoms with Gasteiger partial charge in [-0.1, -0.05) is 24.3 Å². The number of amides is 1. The van der Waals surface area contributed by atoms with E-state index in [1.165, 1.54) is 16.6 Å². The van der Waals surface area contributed by atoms with Gasteiger partial charge in [0.25, 0.3) is 0 Å². The van der Waals surface area contributed by atoms with Crippen LogP contribution < -0.4 is 4.90 Å². The molecule has 10 heteroatoms. The molecule has 0 spiro atoms. The van der Waals surface area contributed by atoms with Gasteiger partial charge in [-0.3, -0.25) is 4.79 Å². The van der Waals surface area contributed by atoms with E-state index in [4.69, 9.17) is 11.6 Å². The zero-order chi connectivity index (χ0) is 20.1. The summed E-state index contributed by atoms with van der Waals surface area (Å²) in [5, 5.41) is 14.6. The highest BCUT2D eigenvalue weighted by atomic mass is 35.5. The number of nitrogens with zero attached hydrogens (tertiary/aromatic N) is 4. The van der Waals surface area contributed by atoms with E-state index in [0.717, 1.165) is 10.6 Å². The maximum absolute atomic E-state index is 12.3. The molecule has 1 unspecified atom stereocenters. The second-order valence-electron chi connectivity index (χ2n) is 5.63. The average Bonchev–Trinajstić information content (AvgIpc) is 2.88.